The minimum Gasteiger partial charge on any atom is -0.351 e. The minimum atomic E-state index is -0.715. The van der Waals surface area contributed by atoms with Crippen LogP contribution in [0.15, 0.2) is 22.7 Å². The van der Waals surface area contributed by atoms with E-state index in [-0.39, 0.29) is 0 Å². The third kappa shape index (κ3) is 2.50. The van der Waals surface area contributed by atoms with E-state index >= 15 is 0 Å². The molecule has 2 amide bonds. The van der Waals surface area contributed by atoms with Crippen molar-refractivity contribution in [3.05, 3.63) is 28.5 Å². The van der Waals surface area contributed by atoms with Gasteiger partial charge in [0, 0.05) is 10.2 Å². The molecule has 0 fully saturated rings. The normalized spacial score (nSPS) is 9.50. The maximum atomic E-state index is 12.7. The van der Waals surface area contributed by atoms with Gasteiger partial charge in [-0.3, -0.25) is 0 Å². The van der Waals surface area contributed by atoms with Gasteiger partial charge in [0.15, 0.2) is 0 Å². The molecule has 3 nitrogen and oxygen atoms in total. The fourth-order valence-corrected chi connectivity index (χ4v) is 1.23. The number of halogens is 2. The van der Waals surface area contributed by atoms with Gasteiger partial charge in [-0.1, -0.05) is 15.9 Å². The molecule has 1 rings (SSSR count). The van der Waals surface area contributed by atoms with E-state index < -0.39 is 11.8 Å². The van der Waals surface area contributed by atoms with E-state index in [1.807, 2.05) is 0 Å². The summed E-state index contributed by atoms with van der Waals surface area (Å²) in [6, 6.07) is 3.29. The summed E-state index contributed by atoms with van der Waals surface area (Å²) in [6.45, 7) is 0. The van der Waals surface area contributed by atoms with Crippen molar-refractivity contribution in [1.82, 2.24) is 0 Å². The molecule has 0 aliphatic carbocycles. The minimum absolute atomic E-state index is 0.328. The summed E-state index contributed by atoms with van der Waals surface area (Å²) < 4.78 is 13.2. The largest absolute Gasteiger partial charge is 0.351 e. The zero-order valence-corrected chi connectivity index (χ0v) is 7.56. The average Bonchev–Trinajstić information content (AvgIpc) is 1.81. The molecule has 0 heterocycles. The molecule has 0 bridgehead atoms. The molecule has 5 heteroatoms. The summed E-state index contributed by atoms with van der Waals surface area (Å²) in [4.78, 5) is 10.4. The van der Waals surface area contributed by atoms with Crippen LogP contribution >= 0.6 is 15.9 Å². The van der Waals surface area contributed by atoms with Crippen LogP contribution < -0.4 is 11.1 Å². The van der Waals surface area contributed by atoms with Gasteiger partial charge < -0.3 is 11.1 Å². The summed E-state index contributed by atoms with van der Waals surface area (Å²) in [5.41, 5.74) is 5.16. The van der Waals surface area contributed by atoms with Crippen LogP contribution in [0.5, 0.6) is 0 Å². The van der Waals surface area contributed by atoms with E-state index in [0.29, 0.717) is 10.2 Å². The Morgan fingerprint density at radius 2 is 2.17 bits per heavy atom. The molecule has 0 aromatic heterocycles. The Labute approximate surface area is 76.9 Å². The molecule has 12 heavy (non-hydrogen) atoms. The van der Waals surface area contributed by atoms with E-state index in [1.54, 1.807) is 6.07 Å². The summed E-state index contributed by atoms with van der Waals surface area (Å²) in [6.07, 6.45) is 0. The second-order valence-corrected chi connectivity index (χ2v) is 3.06. The predicted molar refractivity (Wildman–Crippen MR) is 47.3 cm³/mol. The van der Waals surface area contributed by atoms with Gasteiger partial charge in [0.2, 0.25) is 0 Å². The van der Waals surface area contributed by atoms with Gasteiger partial charge in [-0.15, -0.1) is 0 Å². The lowest BCUT2D eigenvalue weighted by Gasteiger charge is -2.01. The molecule has 0 atom stereocenters. The number of primary amides is 1. The number of urea groups is 1. The van der Waals surface area contributed by atoms with Crippen molar-refractivity contribution < 1.29 is 9.18 Å². The summed E-state index contributed by atoms with van der Waals surface area (Å²) in [7, 11) is 0. The van der Waals surface area contributed by atoms with Crippen molar-refractivity contribution in [3.63, 3.8) is 0 Å². The number of hydrogen-bond acceptors (Lipinski definition) is 1. The molecule has 0 aliphatic heterocycles. The third-order valence-corrected chi connectivity index (χ3v) is 1.59. The lowest BCUT2D eigenvalue weighted by atomic mass is 10.3. The summed E-state index contributed by atoms with van der Waals surface area (Å²) >= 11 is 3.07. The van der Waals surface area contributed by atoms with Crippen molar-refractivity contribution in [2.75, 3.05) is 5.32 Å². The van der Waals surface area contributed by atoms with E-state index in [0.717, 1.165) is 0 Å². The first-order chi connectivity index (χ1) is 5.58. The Kier molecular flexibility index (Phi) is 2.65. The van der Waals surface area contributed by atoms with E-state index in [4.69, 9.17) is 5.73 Å². The fraction of sp³-hybridized carbons (Fsp3) is 0. The average molecular weight is 233 g/mol. The number of carbonyl (C=O) groups excluding carboxylic acids is 1. The molecule has 3 N–H and O–H groups in total. The van der Waals surface area contributed by atoms with Crippen LogP contribution in [0.2, 0.25) is 0 Å². The summed E-state index contributed by atoms with van der Waals surface area (Å²) in [5.74, 6) is -0.437. The molecule has 0 radical (unpaired) electrons. The van der Waals surface area contributed by atoms with Crippen LogP contribution in [0, 0.1) is 5.82 Å². The van der Waals surface area contributed by atoms with E-state index in [2.05, 4.69) is 21.2 Å². The zero-order valence-electron chi connectivity index (χ0n) is 5.97. The van der Waals surface area contributed by atoms with Crippen LogP contribution in [-0.2, 0) is 0 Å². The SMILES string of the molecule is NC(=O)Nc1cc(F)cc(Br)c1. The number of rotatable bonds is 1. The molecule has 0 aliphatic rings. The smallest absolute Gasteiger partial charge is 0.316 e. The first-order valence-electron chi connectivity index (χ1n) is 3.10. The highest BCUT2D eigenvalue weighted by atomic mass is 79.9. The van der Waals surface area contributed by atoms with Gasteiger partial charge in [-0.25, -0.2) is 9.18 Å². The number of amides is 2. The van der Waals surface area contributed by atoms with Gasteiger partial charge in [-0.2, -0.15) is 0 Å². The Morgan fingerprint density at radius 1 is 1.50 bits per heavy atom. The predicted octanol–water partition coefficient (Wildman–Crippen LogP) is 2.08. The lowest BCUT2D eigenvalue weighted by Crippen LogP contribution is -2.19. The maximum Gasteiger partial charge on any atom is 0.316 e. The quantitative estimate of drug-likeness (QED) is 0.766. The monoisotopic (exact) mass is 232 g/mol. The first-order valence-corrected chi connectivity index (χ1v) is 3.90. The second kappa shape index (κ2) is 3.53. The van der Waals surface area contributed by atoms with Crippen molar-refractivity contribution in [3.8, 4) is 0 Å². The highest BCUT2D eigenvalue weighted by molar-refractivity contribution is 9.10. The molecule has 1 aromatic carbocycles. The third-order valence-electron chi connectivity index (χ3n) is 1.13. The van der Waals surface area contributed by atoms with Crippen molar-refractivity contribution >= 4 is 27.6 Å². The Bertz CT molecular complexity index is 296. The Hall–Kier alpha value is -1.10. The molecule has 0 spiro atoms. The fourth-order valence-electron chi connectivity index (χ4n) is 0.768. The molecule has 1 aromatic rings. The zero-order chi connectivity index (χ0) is 9.14. The van der Waals surface area contributed by atoms with Crippen LogP contribution in [0.25, 0.3) is 0 Å². The van der Waals surface area contributed by atoms with Gasteiger partial charge in [-0.05, 0) is 18.2 Å². The second-order valence-electron chi connectivity index (χ2n) is 2.15. The van der Waals surface area contributed by atoms with Gasteiger partial charge in [0.05, 0.1) is 0 Å². The van der Waals surface area contributed by atoms with Crippen LogP contribution in [-0.4, -0.2) is 6.03 Å². The number of nitrogens with two attached hydrogens (primary N) is 1. The highest BCUT2D eigenvalue weighted by Crippen LogP contribution is 2.18. The van der Waals surface area contributed by atoms with Crippen LogP contribution in [0.4, 0.5) is 14.9 Å². The lowest BCUT2D eigenvalue weighted by molar-refractivity contribution is 0.259. The van der Waals surface area contributed by atoms with Gasteiger partial charge in [0.25, 0.3) is 0 Å². The molecular formula is C7H6BrFN2O. The number of benzene rings is 1. The number of anilines is 1. The van der Waals surface area contributed by atoms with Gasteiger partial charge >= 0.3 is 6.03 Å². The highest BCUT2D eigenvalue weighted by Gasteiger charge is 1.99. The van der Waals surface area contributed by atoms with Crippen LogP contribution in [0.3, 0.4) is 0 Å². The van der Waals surface area contributed by atoms with Crippen molar-refractivity contribution in [2.24, 2.45) is 5.73 Å². The first kappa shape index (κ1) is 8.99. The molecule has 64 valence electrons. The molecule has 0 saturated heterocycles. The standard InChI is InChI=1S/C7H6BrFN2O/c8-4-1-5(9)3-6(2-4)11-7(10)12/h1-3H,(H3,10,11,12). The number of carbonyl (C=O) groups is 1. The van der Waals surface area contributed by atoms with Crippen molar-refractivity contribution in [2.45, 2.75) is 0 Å². The van der Waals surface area contributed by atoms with Crippen LogP contribution in [0.1, 0.15) is 0 Å². The van der Waals surface area contributed by atoms with Crippen molar-refractivity contribution in [1.29, 1.82) is 0 Å². The number of nitrogens with one attached hydrogen (secondary N) is 1. The van der Waals surface area contributed by atoms with E-state index in [9.17, 15) is 9.18 Å². The Balaban J connectivity index is 2.93. The maximum absolute atomic E-state index is 12.7. The van der Waals surface area contributed by atoms with E-state index in [1.165, 1.54) is 12.1 Å². The number of hydrogen-bond donors (Lipinski definition) is 2. The Morgan fingerprint density at radius 3 is 2.67 bits per heavy atom. The summed E-state index contributed by atoms with van der Waals surface area (Å²) in [5, 5.41) is 2.26. The molecule has 0 unspecified atom stereocenters. The molecule has 0 saturated carbocycles. The molecular weight excluding hydrogens is 227 g/mol. The topological polar surface area (TPSA) is 55.1 Å². The van der Waals surface area contributed by atoms with Gasteiger partial charge in [0.1, 0.15) is 5.82 Å².